The second-order valence-corrected chi connectivity index (χ2v) is 10.1. The van der Waals surface area contributed by atoms with E-state index in [1.165, 1.54) is 18.3 Å². The molecule has 0 saturated carbocycles. The third kappa shape index (κ3) is 6.92. The third-order valence-electron chi connectivity index (χ3n) is 5.34. The van der Waals surface area contributed by atoms with Gasteiger partial charge in [0.2, 0.25) is 0 Å². The number of amides is 2. The number of carbonyl (C=O) groups excluding carboxylic acids is 2. The average molecular weight is 509 g/mol. The molecule has 188 valence electrons. The van der Waals surface area contributed by atoms with Gasteiger partial charge in [0.15, 0.2) is 6.61 Å². The highest BCUT2D eigenvalue weighted by Crippen LogP contribution is 2.26. The maximum Gasteiger partial charge on any atom is 0.264 e. The molecule has 3 aromatic rings. The minimum Gasteiger partial charge on any atom is -0.484 e. The monoisotopic (exact) mass is 508 g/mol. The Bertz CT molecular complexity index is 1370. The molecule has 0 aliphatic rings. The van der Waals surface area contributed by atoms with E-state index in [1.54, 1.807) is 48.5 Å². The molecule has 10 heteroatoms. The quantitative estimate of drug-likeness (QED) is 0.321. The van der Waals surface area contributed by atoms with Crippen molar-refractivity contribution in [3.8, 4) is 5.75 Å². The Hall–Kier alpha value is -4.18. The van der Waals surface area contributed by atoms with Gasteiger partial charge in [0, 0.05) is 0 Å². The minimum atomic E-state index is -4.02. The molecule has 0 bridgehead atoms. The number of hydrazone groups is 1. The Morgan fingerprint density at radius 2 is 1.64 bits per heavy atom. The largest absolute Gasteiger partial charge is 0.484 e. The molecular weight excluding hydrogens is 480 g/mol. The first-order chi connectivity index (χ1) is 17.1. The summed E-state index contributed by atoms with van der Waals surface area (Å²) in [6, 6.07) is 18.3. The number of anilines is 1. The second kappa shape index (κ2) is 11.5. The summed E-state index contributed by atoms with van der Waals surface area (Å²) < 4.78 is 33.2. The van der Waals surface area contributed by atoms with Crippen LogP contribution in [0.2, 0.25) is 0 Å². The summed E-state index contributed by atoms with van der Waals surface area (Å²) in [5, 5.41) is 3.93. The van der Waals surface area contributed by atoms with Gasteiger partial charge in [-0.2, -0.15) is 5.10 Å². The molecule has 0 heterocycles. The maximum atomic E-state index is 13.5. The lowest BCUT2D eigenvalue weighted by molar-refractivity contribution is -0.120. The molecule has 36 heavy (non-hydrogen) atoms. The summed E-state index contributed by atoms with van der Waals surface area (Å²) in [4.78, 5) is 23.6. The van der Waals surface area contributed by atoms with Gasteiger partial charge < -0.3 is 10.5 Å². The van der Waals surface area contributed by atoms with E-state index in [-0.39, 0.29) is 11.5 Å². The predicted octanol–water partition coefficient (Wildman–Crippen LogP) is 2.82. The molecule has 0 aliphatic carbocycles. The van der Waals surface area contributed by atoms with E-state index in [9.17, 15) is 18.0 Å². The maximum absolute atomic E-state index is 13.5. The van der Waals surface area contributed by atoms with Crippen LogP contribution in [-0.4, -0.2) is 39.6 Å². The first-order valence-electron chi connectivity index (χ1n) is 11.1. The van der Waals surface area contributed by atoms with Gasteiger partial charge in [-0.1, -0.05) is 23.8 Å². The van der Waals surface area contributed by atoms with Gasteiger partial charge >= 0.3 is 0 Å². The van der Waals surface area contributed by atoms with Crippen LogP contribution in [0.5, 0.6) is 5.75 Å². The molecule has 0 saturated heterocycles. The van der Waals surface area contributed by atoms with Gasteiger partial charge in [-0.05, 0) is 86.0 Å². The SMILES string of the molecule is Cc1ccc(S(=O)(=O)N(CC(=O)N/N=C\c2ccc(OCC(N)=O)cc2)c2ccc(C)c(C)c2)cc1. The van der Waals surface area contributed by atoms with Gasteiger partial charge in [-0.3, -0.25) is 13.9 Å². The third-order valence-corrected chi connectivity index (χ3v) is 7.13. The highest BCUT2D eigenvalue weighted by atomic mass is 32.2. The molecule has 2 amide bonds. The van der Waals surface area contributed by atoms with E-state index in [2.05, 4.69) is 10.5 Å². The molecule has 0 atom stereocenters. The number of benzene rings is 3. The number of sulfonamides is 1. The molecule has 3 aromatic carbocycles. The van der Waals surface area contributed by atoms with E-state index in [1.807, 2.05) is 26.8 Å². The van der Waals surface area contributed by atoms with Crippen molar-refractivity contribution in [3.05, 3.63) is 89.0 Å². The summed E-state index contributed by atoms with van der Waals surface area (Å²) in [5.41, 5.74) is 11.3. The van der Waals surface area contributed by atoms with E-state index < -0.39 is 28.4 Å². The van der Waals surface area contributed by atoms with Crippen molar-refractivity contribution in [2.45, 2.75) is 25.7 Å². The Labute approximate surface area is 210 Å². The van der Waals surface area contributed by atoms with Gasteiger partial charge in [-0.15, -0.1) is 0 Å². The molecule has 9 nitrogen and oxygen atoms in total. The molecule has 3 rings (SSSR count). The fourth-order valence-electron chi connectivity index (χ4n) is 3.18. The number of primary amides is 1. The number of nitrogens with one attached hydrogen (secondary N) is 1. The smallest absolute Gasteiger partial charge is 0.264 e. The number of ether oxygens (including phenoxy) is 1. The van der Waals surface area contributed by atoms with Crippen molar-refractivity contribution >= 4 is 33.7 Å². The van der Waals surface area contributed by atoms with E-state index >= 15 is 0 Å². The summed E-state index contributed by atoms with van der Waals surface area (Å²) in [7, 11) is -4.02. The number of nitrogens with two attached hydrogens (primary N) is 1. The zero-order valence-corrected chi connectivity index (χ0v) is 21.1. The Morgan fingerprint density at radius 1 is 0.972 bits per heavy atom. The van der Waals surface area contributed by atoms with Crippen LogP contribution in [0, 0.1) is 20.8 Å². The van der Waals surface area contributed by atoms with Crippen molar-refractivity contribution in [2.24, 2.45) is 10.8 Å². The fraction of sp³-hybridized carbons (Fsp3) is 0.192. The van der Waals surface area contributed by atoms with Crippen molar-refractivity contribution in [3.63, 3.8) is 0 Å². The Morgan fingerprint density at radius 3 is 2.25 bits per heavy atom. The number of carbonyl (C=O) groups is 2. The molecule has 0 aliphatic heterocycles. The summed E-state index contributed by atoms with van der Waals surface area (Å²) in [6.07, 6.45) is 1.41. The number of aryl methyl sites for hydroxylation is 3. The van der Waals surface area contributed by atoms with Crippen LogP contribution >= 0.6 is 0 Å². The zero-order chi connectivity index (χ0) is 26.3. The lowest BCUT2D eigenvalue weighted by atomic mass is 10.1. The number of hydrogen-bond acceptors (Lipinski definition) is 6. The molecule has 0 radical (unpaired) electrons. The van der Waals surface area contributed by atoms with Crippen LogP contribution < -0.4 is 20.2 Å². The van der Waals surface area contributed by atoms with Crippen molar-refractivity contribution < 1.29 is 22.7 Å². The van der Waals surface area contributed by atoms with Crippen LogP contribution in [0.1, 0.15) is 22.3 Å². The summed E-state index contributed by atoms with van der Waals surface area (Å²) in [6.45, 7) is 4.98. The van der Waals surface area contributed by atoms with Crippen LogP contribution in [0.25, 0.3) is 0 Å². The lowest BCUT2D eigenvalue weighted by Gasteiger charge is -2.24. The van der Waals surface area contributed by atoms with Gasteiger partial charge in [-0.25, -0.2) is 13.8 Å². The Kier molecular flexibility index (Phi) is 8.44. The van der Waals surface area contributed by atoms with Crippen molar-refractivity contribution in [1.82, 2.24) is 5.43 Å². The van der Waals surface area contributed by atoms with E-state index in [4.69, 9.17) is 10.5 Å². The number of rotatable bonds is 10. The summed E-state index contributed by atoms with van der Waals surface area (Å²) in [5.74, 6) is -0.732. The average Bonchev–Trinajstić information content (AvgIpc) is 2.84. The van der Waals surface area contributed by atoms with Crippen molar-refractivity contribution in [2.75, 3.05) is 17.5 Å². The van der Waals surface area contributed by atoms with Crippen LogP contribution in [0.4, 0.5) is 5.69 Å². The lowest BCUT2D eigenvalue weighted by Crippen LogP contribution is -2.39. The molecule has 0 spiro atoms. The normalized spacial score (nSPS) is 11.3. The van der Waals surface area contributed by atoms with E-state index in [0.717, 1.165) is 21.0 Å². The predicted molar refractivity (Wildman–Crippen MR) is 138 cm³/mol. The molecular formula is C26H28N4O5S. The van der Waals surface area contributed by atoms with Crippen LogP contribution in [-0.2, 0) is 19.6 Å². The topological polar surface area (TPSA) is 131 Å². The molecule has 0 fully saturated rings. The standard InChI is InChI=1S/C26H28N4O5S/c1-18-4-12-24(13-5-18)36(33,34)30(22-9-6-19(2)20(3)14-22)16-26(32)29-28-15-21-7-10-23(11-8-21)35-17-25(27)31/h4-15H,16-17H2,1-3H3,(H2,27,31)(H,29,32)/b28-15-. The first kappa shape index (κ1) is 26.4. The zero-order valence-electron chi connectivity index (χ0n) is 20.3. The molecule has 0 aromatic heterocycles. The number of hydrogen-bond donors (Lipinski definition) is 2. The highest BCUT2D eigenvalue weighted by molar-refractivity contribution is 7.92. The van der Waals surface area contributed by atoms with Crippen LogP contribution in [0.3, 0.4) is 0 Å². The van der Waals surface area contributed by atoms with Gasteiger partial charge in [0.1, 0.15) is 12.3 Å². The Balaban J connectivity index is 1.76. The number of nitrogens with zero attached hydrogens (tertiary/aromatic N) is 2. The second-order valence-electron chi connectivity index (χ2n) is 8.21. The molecule has 3 N–H and O–H groups in total. The van der Waals surface area contributed by atoms with E-state index in [0.29, 0.717) is 17.0 Å². The summed E-state index contributed by atoms with van der Waals surface area (Å²) >= 11 is 0. The van der Waals surface area contributed by atoms with Crippen LogP contribution in [0.15, 0.2) is 76.7 Å². The van der Waals surface area contributed by atoms with Gasteiger partial charge in [0.25, 0.3) is 21.8 Å². The highest BCUT2D eigenvalue weighted by Gasteiger charge is 2.27. The molecule has 0 unspecified atom stereocenters. The van der Waals surface area contributed by atoms with Crippen molar-refractivity contribution in [1.29, 1.82) is 0 Å². The van der Waals surface area contributed by atoms with Gasteiger partial charge in [0.05, 0.1) is 16.8 Å². The minimum absolute atomic E-state index is 0.0845. The first-order valence-corrected chi connectivity index (χ1v) is 12.5. The fourth-order valence-corrected chi connectivity index (χ4v) is 4.60.